The van der Waals surface area contributed by atoms with Crippen molar-refractivity contribution in [2.75, 3.05) is 18.4 Å². The molecule has 0 unspecified atom stereocenters. The summed E-state index contributed by atoms with van der Waals surface area (Å²) in [6.07, 6.45) is 4.04. The molecular formula is C21H22BrClN2O3S. The van der Waals surface area contributed by atoms with E-state index >= 15 is 0 Å². The lowest BCUT2D eigenvalue weighted by Crippen LogP contribution is -2.41. The van der Waals surface area contributed by atoms with Gasteiger partial charge < -0.3 is 5.32 Å². The Morgan fingerprint density at radius 2 is 1.79 bits per heavy atom. The number of sulfonamides is 1. The molecule has 1 N–H and O–H groups in total. The number of amides is 1. The smallest absolute Gasteiger partial charge is 0.243 e. The van der Waals surface area contributed by atoms with Crippen molar-refractivity contribution in [1.82, 2.24) is 4.31 Å². The third-order valence-electron chi connectivity index (χ3n) is 5.72. The Hall–Kier alpha value is -1.41. The van der Waals surface area contributed by atoms with Crippen LogP contribution in [0.3, 0.4) is 0 Å². The van der Waals surface area contributed by atoms with Gasteiger partial charge >= 0.3 is 0 Å². The van der Waals surface area contributed by atoms with Crippen LogP contribution in [0.25, 0.3) is 0 Å². The fourth-order valence-corrected chi connectivity index (χ4v) is 6.28. The highest BCUT2D eigenvalue weighted by atomic mass is 79.9. The molecule has 2 aromatic rings. The van der Waals surface area contributed by atoms with E-state index < -0.39 is 10.0 Å². The van der Waals surface area contributed by atoms with Crippen LogP contribution < -0.4 is 5.32 Å². The summed E-state index contributed by atoms with van der Waals surface area (Å²) in [5.41, 5.74) is 2.96. The number of piperidine rings is 1. The van der Waals surface area contributed by atoms with Gasteiger partial charge in [-0.25, -0.2) is 8.42 Å². The number of benzene rings is 2. The molecule has 1 aliphatic carbocycles. The average molecular weight is 498 g/mol. The van der Waals surface area contributed by atoms with Gasteiger partial charge in [0.05, 0.1) is 15.6 Å². The molecule has 0 radical (unpaired) electrons. The number of nitrogens with one attached hydrogen (secondary N) is 1. The number of fused-ring (bicyclic) bond motifs is 1. The summed E-state index contributed by atoms with van der Waals surface area (Å²) >= 11 is 9.51. The molecule has 0 atom stereocenters. The van der Waals surface area contributed by atoms with E-state index in [1.165, 1.54) is 9.87 Å². The van der Waals surface area contributed by atoms with Gasteiger partial charge in [-0.15, -0.1) is 0 Å². The van der Waals surface area contributed by atoms with Crippen molar-refractivity contribution < 1.29 is 13.2 Å². The van der Waals surface area contributed by atoms with Crippen LogP contribution in [-0.4, -0.2) is 31.7 Å². The highest BCUT2D eigenvalue weighted by Gasteiger charge is 2.32. The van der Waals surface area contributed by atoms with E-state index in [1.807, 2.05) is 18.2 Å². The maximum atomic E-state index is 13.0. The second-order valence-electron chi connectivity index (χ2n) is 7.58. The fraction of sp³-hybridized carbons (Fsp3) is 0.381. The standard InChI is InChI=1S/C21H22BrClN2O3S/c22-17-5-7-20(19(23)13-17)24-21(26)15-8-10-25(11-9-15)29(27,28)18-6-4-14-2-1-3-16(14)12-18/h4-7,12-13,15H,1-3,8-11H2,(H,24,26). The van der Waals surface area contributed by atoms with Crippen LogP contribution in [0.2, 0.25) is 5.02 Å². The minimum Gasteiger partial charge on any atom is -0.325 e. The van der Waals surface area contributed by atoms with Crippen molar-refractivity contribution in [3.63, 3.8) is 0 Å². The van der Waals surface area contributed by atoms with Crippen LogP contribution in [0.4, 0.5) is 5.69 Å². The predicted molar refractivity (Wildman–Crippen MR) is 118 cm³/mol. The van der Waals surface area contributed by atoms with Gasteiger partial charge in [0.1, 0.15) is 0 Å². The summed E-state index contributed by atoms with van der Waals surface area (Å²) in [4.78, 5) is 13.0. The lowest BCUT2D eigenvalue weighted by Gasteiger charge is -2.30. The highest BCUT2D eigenvalue weighted by Crippen LogP contribution is 2.30. The van der Waals surface area contributed by atoms with Gasteiger partial charge in [0.15, 0.2) is 0 Å². The first-order valence-corrected chi connectivity index (χ1v) is 12.3. The Bertz CT molecular complexity index is 1050. The predicted octanol–water partition coefficient (Wildman–Crippen LogP) is 4.63. The summed E-state index contributed by atoms with van der Waals surface area (Å²) in [6, 6.07) is 10.8. The molecule has 1 heterocycles. The van der Waals surface area contributed by atoms with E-state index in [0.717, 1.165) is 29.3 Å². The molecule has 1 aliphatic heterocycles. The van der Waals surface area contributed by atoms with Gasteiger partial charge in [0, 0.05) is 23.5 Å². The molecular weight excluding hydrogens is 476 g/mol. The van der Waals surface area contributed by atoms with Crippen LogP contribution in [-0.2, 0) is 27.7 Å². The fourth-order valence-electron chi connectivity index (χ4n) is 4.04. The number of aryl methyl sites for hydroxylation is 2. The van der Waals surface area contributed by atoms with Crippen LogP contribution in [0.5, 0.6) is 0 Å². The molecule has 8 heteroatoms. The third-order valence-corrected chi connectivity index (χ3v) is 8.42. The van der Waals surface area contributed by atoms with Crippen molar-refractivity contribution in [3.05, 3.63) is 57.0 Å². The quantitative estimate of drug-likeness (QED) is 0.670. The van der Waals surface area contributed by atoms with Crippen LogP contribution in [0.15, 0.2) is 45.8 Å². The average Bonchev–Trinajstić information content (AvgIpc) is 3.18. The first-order chi connectivity index (χ1) is 13.8. The van der Waals surface area contributed by atoms with Crippen molar-refractivity contribution in [1.29, 1.82) is 0 Å². The summed E-state index contributed by atoms with van der Waals surface area (Å²) in [5, 5.41) is 3.32. The largest absolute Gasteiger partial charge is 0.325 e. The second kappa shape index (κ2) is 8.38. The molecule has 2 aromatic carbocycles. The minimum absolute atomic E-state index is 0.121. The van der Waals surface area contributed by atoms with E-state index in [0.29, 0.717) is 41.5 Å². The Morgan fingerprint density at radius 1 is 1.07 bits per heavy atom. The van der Waals surface area contributed by atoms with Crippen LogP contribution in [0.1, 0.15) is 30.4 Å². The van der Waals surface area contributed by atoms with Crippen molar-refractivity contribution in [2.24, 2.45) is 5.92 Å². The second-order valence-corrected chi connectivity index (χ2v) is 10.8. The number of rotatable bonds is 4. The lowest BCUT2D eigenvalue weighted by molar-refractivity contribution is -0.120. The van der Waals surface area contributed by atoms with E-state index in [1.54, 1.807) is 18.2 Å². The van der Waals surface area contributed by atoms with Crippen LogP contribution >= 0.6 is 27.5 Å². The number of nitrogens with zero attached hydrogens (tertiary/aromatic N) is 1. The van der Waals surface area contributed by atoms with E-state index in [9.17, 15) is 13.2 Å². The lowest BCUT2D eigenvalue weighted by atomic mass is 9.97. The Morgan fingerprint density at radius 3 is 2.52 bits per heavy atom. The number of carbonyl (C=O) groups is 1. The molecule has 0 saturated carbocycles. The summed E-state index contributed by atoms with van der Waals surface area (Å²) in [6.45, 7) is 0.678. The highest BCUT2D eigenvalue weighted by molar-refractivity contribution is 9.10. The van der Waals surface area contributed by atoms with E-state index in [4.69, 9.17) is 11.6 Å². The maximum absolute atomic E-state index is 13.0. The van der Waals surface area contributed by atoms with Crippen molar-refractivity contribution in [3.8, 4) is 0 Å². The van der Waals surface area contributed by atoms with Gasteiger partial charge in [0.2, 0.25) is 15.9 Å². The van der Waals surface area contributed by atoms with Crippen LogP contribution in [0, 0.1) is 5.92 Å². The number of hydrogen-bond acceptors (Lipinski definition) is 3. The van der Waals surface area contributed by atoms with Crippen molar-refractivity contribution in [2.45, 2.75) is 37.0 Å². The molecule has 0 spiro atoms. The number of anilines is 1. The first-order valence-electron chi connectivity index (χ1n) is 9.72. The SMILES string of the molecule is O=C(Nc1ccc(Br)cc1Cl)C1CCN(S(=O)(=O)c2ccc3c(c2)CCC3)CC1. The molecule has 4 rings (SSSR count). The summed E-state index contributed by atoms with van der Waals surface area (Å²) in [5.74, 6) is -0.356. The third kappa shape index (κ3) is 4.38. The van der Waals surface area contributed by atoms with Gasteiger partial charge in [0.25, 0.3) is 0 Å². The molecule has 154 valence electrons. The maximum Gasteiger partial charge on any atom is 0.243 e. The number of hydrogen-bond donors (Lipinski definition) is 1. The van der Waals surface area contributed by atoms with Gasteiger partial charge in [-0.1, -0.05) is 33.6 Å². The van der Waals surface area contributed by atoms with Gasteiger partial charge in [-0.05, 0) is 73.6 Å². The Kier molecular flexibility index (Phi) is 6.02. The molecule has 1 amide bonds. The topological polar surface area (TPSA) is 66.5 Å². The number of halogens is 2. The Labute approximate surface area is 184 Å². The molecule has 29 heavy (non-hydrogen) atoms. The normalized spacial score (nSPS) is 17.9. The number of carbonyl (C=O) groups excluding carboxylic acids is 1. The molecule has 2 aliphatic rings. The summed E-state index contributed by atoms with van der Waals surface area (Å²) in [7, 11) is -3.53. The molecule has 1 saturated heterocycles. The zero-order chi connectivity index (χ0) is 20.6. The minimum atomic E-state index is -3.53. The monoisotopic (exact) mass is 496 g/mol. The molecule has 1 fully saturated rings. The molecule has 0 aromatic heterocycles. The van der Waals surface area contributed by atoms with Gasteiger partial charge in [-0.3, -0.25) is 4.79 Å². The molecule has 0 bridgehead atoms. The zero-order valence-electron chi connectivity index (χ0n) is 15.8. The van der Waals surface area contributed by atoms with E-state index in [-0.39, 0.29) is 11.8 Å². The summed E-state index contributed by atoms with van der Waals surface area (Å²) < 4.78 is 28.4. The first kappa shape index (κ1) is 20.8. The van der Waals surface area contributed by atoms with Gasteiger partial charge in [-0.2, -0.15) is 4.31 Å². The molecule has 5 nitrogen and oxygen atoms in total. The zero-order valence-corrected chi connectivity index (χ0v) is 19.0. The van der Waals surface area contributed by atoms with Crippen molar-refractivity contribution >= 4 is 49.1 Å². The Balaban J connectivity index is 1.40. The van der Waals surface area contributed by atoms with E-state index in [2.05, 4.69) is 21.2 Å².